The molecule has 0 aromatic heterocycles. The molecule has 3 N–H and O–H groups in total. The number of aromatic hydroxyl groups is 1. The maximum Gasteiger partial charge on any atom is 0.181 e. The first-order valence-corrected chi connectivity index (χ1v) is 4.25. The average molecular weight is 211 g/mol. The number of nitrogens with zero attached hydrogens (tertiary/aromatic N) is 1. The molecular formula is C9H7ClN2O2. The number of hydrogen-bond acceptors (Lipinski definition) is 4. The van der Waals surface area contributed by atoms with E-state index < -0.39 is 5.78 Å². The summed E-state index contributed by atoms with van der Waals surface area (Å²) in [6.07, 6.45) is 0. The SMILES string of the molecule is N#Cc1cc(N)cc(C(=O)CCl)c1O. The smallest absolute Gasteiger partial charge is 0.181 e. The van der Waals surface area contributed by atoms with Gasteiger partial charge in [-0.15, -0.1) is 11.6 Å². The first kappa shape index (κ1) is 10.4. The van der Waals surface area contributed by atoms with Crippen LogP contribution < -0.4 is 5.73 Å². The summed E-state index contributed by atoms with van der Waals surface area (Å²) in [5, 5.41) is 18.1. The summed E-state index contributed by atoms with van der Waals surface area (Å²) in [5.41, 5.74) is 5.64. The van der Waals surface area contributed by atoms with Gasteiger partial charge in [0.25, 0.3) is 0 Å². The molecule has 0 aliphatic carbocycles. The van der Waals surface area contributed by atoms with E-state index in [2.05, 4.69) is 0 Å². The van der Waals surface area contributed by atoms with E-state index in [-0.39, 0.29) is 28.4 Å². The van der Waals surface area contributed by atoms with Crippen LogP contribution in [-0.2, 0) is 0 Å². The number of hydrogen-bond donors (Lipinski definition) is 2. The molecular weight excluding hydrogens is 204 g/mol. The molecule has 4 nitrogen and oxygen atoms in total. The second kappa shape index (κ2) is 3.99. The molecule has 0 aliphatic heterocycles. The summed E-state index contributed by atoms with van der Waals surface area (Å²) >= 11 is 5.32. The Bertz CT molecular complexity index is 424. The van der Waals surface area contributed by atoms with Crippen molar-refractivity contribution in [2.75, 3.05) is 11.6 Å². The number of nitriles is 1. The zero-order chi connectivity index (χ0) is 10.7. The van der Waals surface area contributed by atoms with Gasteiger partial charge in [-0.25, -0.2) is 0 Å². The highest BCUT2D eigenvalue weighted by molar-refractivity contribution is 6.31. The van der Waals surface area contributed by atoms with Crippen molar-refractivity contribution in [2.45, 2.75) is 0 Å². The molecule has 5 heteroatoms. The monoisotopic (exact) mass is 210 g/mol. The summed E-state index contributed by atoms with van der Waals surface area (Å²) < 4.78 is 0. The van der Waals surface area contributed by atoms with Crippen molar-refractivity contribution in [3.05, 3.63) is 23.3 Å². The zero-order valence-electron chi connectivity index (χ0n) is 7.12. The number of carbonyl (C=O) groups excluding carboxylic acids is 1. The number of phenolic OH excluding ortho intramolecular Hbond substituents is 1. The van der Waals surface area contributed by atoms with Gasteiger partial charge in [-0.2, -0.15) is 5.26 Å². The number of benzene rings is 1. The lowest BCUT2D eigenvalue weighted by Gasteiger charge is -2.04. The van der Waals surface area contributed by atoms with Crippen LogP contribution >= 0.6 is 11.6 Å². The summed E-state index contributed by atoms with van der Waals surface area (Å²) in [7, 11) is 0. The number of Topliss-reactive ketones (excluding diaryl/α,β-unsaturated/α-hetero) is 1. The van der Waals surface area contributed by atoms with Crippen molar-refractivity contribution in [1.29, 1.82) is 5.26 Å². The Morgan fingerprint density at radius 2 is 2.29 bits per heavy atom. The third kappa shape index (κ3) is 1.78. The number of carbonyl (C=O) groups is 1. The number of halogens is 1. The Kier molecular flexibility index (Phi) is 2.95. The molecule has 0 aliphatic rings. The molecule has 0 fully saturated rings. The van der Waals surface area contributed by atoms with Crippen LogP contribution in [0.3, 0.4) is 0 Å². The second-order valence-corrected chi connectivity index (χ2v) is 2.90. The molecule has 0 heterocycles. The van der Waals surface area contributed by atoms with E-state index in [1.807, 2.05) is 0 Å². The van der Waals surface area contributed by atoms with E-state index in [4.69, 9.17) is 22.6 Å². The highest BCUT2D eigenvalue weighted by Crippen LogP contribution is 2.25. The van der Waals surface area contributed by atoms with E-state index in [0.29, 0.717) is 0 Å². The van der Waals surface area contributed by atoms with Crippen LogP contribution in [0, 0.1) is 11.3 Å². The fraction of sp³-hybridized carbons (Fsp3) is 0.111. The van der Waals surface area contributed by atoms with Crippen molar-refractivity contribution in [3.8, 4) is 11.8 Å². The van der Waals surface area contributed by atoms with E-state index in [0.717, 1.165) is 0 Å². The Morgan fingerprint density at radius 1 is 1.64 bits per heavy atom. The van der Waals surface area contributed by atoms with Gasteiger partial charge < -0.3 is 10.8 Å². The van der Waals surface area contributed by atoms with Crippen molar-refractivity contribution in [1.82, 2.24) is 0 Å². The molecule has 0 bridgehead atoms. The maximum atomic E-state index is 11.2. The Hall–Kier alpha value is -1.73. The molecule has 1 rings (SSSR count). The van der Waals surface area contributed by atoms with Gasteiger partial charge in [-0.3, -0.25) is 4.79 Å². The summed E-state index contributed by atoms with van der Waals surface area (Å²) in [5.74, 6) is -1.10. The quantitative estimate of drug-likeness (QED) is 0.333. The van der Waals surface area contributed by atoms with Crippen LogP contribution in [0.15, 0.2) is 12.1 Å². The van der Waals surface area contributed by atoms with E-state index in [1.54, 1.807) is 6.07 Å². The van der Waals surface area contributed by atoms with Gasteiger partial charge in [0.2, 0.25) is 0 Å². The van der Waals surface area contributed by atoms with Crippen LogP contribution in [0.4, 0.5) is 5.69 Å². The van der Waals surface area contributed by atoms with Gasteiger partial charge in [0.1, 0.15) is 11.8 Å². The third-order valence-electron chi connectivity index (χ3n) is 1.67. The third-order valence-corrected chi connectivity index (χ3v) is 1.92. The van der Waals surface area contributed by atoms with Gasteiger partial charge in [-0.1, -0.05) is 0 Å². The Labute approximate surface area is 85.5 Å². The highest BCUT2D eigenvalue weighted by Gasteiger charge is 2.14. The fourth-order valence-electron chi connectivity index (χ4n) is 1.03. The molecule has 0 unspecified atom stereocenters. The number of anilines is 1. The minimum absolute atomic E-state index is 0.0171. The number of alkyl halides is 1. The van der Waals surface area contributed by atoms with Crippen molar-refractivity contribution in [3.63, 3.8) is 0 Å². The van der Waals surface area contributed by atoms with Crippen molar-refractivity contribution >= 4 is 23.1 Å². The van der Waals surface area contributed by atoms with Gasteiger partial charge in [-0.05, 0) is 12.1 Å². The zero-order valence-corrected chi connectivity index (χ0v) is 7.88. The first-order valence-electron chi connectivity index (χ1n) is 3.72. The largest absolute Gasteiger partial charge is 0.506 e. The standard InChI is InChI=1S/C9H7ClN2O2/c10-3-8(13)7-2-6(12)1-5(4-11)9(7)14/h1-2,14H,3,12H2. The molecule has 0 radical (unpaired) electrons. The molecule has 0 saturated carbocycles. The minimum atomic E-state index is -0.465. The maximum absolute atomic E-state index is 11.2. The van der Waals surface area contributed by atoms with E-state index in [9.17, 15) is 9.90 Å². The van der Waals surface area contributed by atoms with Crippen molar-refractivity contribution < 1.29 is 9.90 Å². The van der Waals surface area contributed by atoms with E-state index >= 15 is 0 Å². The van der Waals surface area contributed by atoms with Crippen LogP contribution in [0.1, 0.15) is 15.9 Å². The topological polar surface area (TPSA) is 87.1 Å². The van der Waals surface area contributed by atoms with Gasteiger partial charge in [0.15, 0.2) is 5.78 Å². The van der Waals surface area contributed by atoms with Crippen LogP contribution in [0.25, 0.3) is 0 Å². The van der Waals surface area contributed by atoms with Gasteiger partial charge >= 0.3 is 0 Å². The van der Waals surface area contributed by atoms with Crippen LogP contribution in [0.5, 0.6) is 5.75 Å². The minimum Gasteiger partial charge on any atom is -0.506 e. The average Bonchev–Trinajstić information content (AvgIpc) is 2.19. The molecule has 0 amide bonds. The van der Waals surface area contributed by atoms with Crippen LogP contribution in [0.2, 0.25) is 0 Å². The Morgan fingerprint density at radius 3 is 2.79 bits per heavy atom. The molecule has 1 aromatic carbocycles. The fourth-order valence-corrected chi connectivity index (χ4v) is 1.17. The lowest BCUT2D eigenvalue weighted by molar-refractivity contribution is 0.101. The summed E-state index contributed by atoms with van der Waals surface area (Å²) in [4.78, 5) is 11.2. The molecule has 1 aromatic rings. The van der Waals surface area contributed by atoms with E-state index in [1.165, 1.54) is 12.1 Å². The lowest BCUT2D eigenvalue weighted by Crippen LogP contribution is -2.03. The molecule has 0 atom stereocenters. The first-order chi connectivity index (χ1) is 6.60. The van der Waals surface area contributed by atoms with Crippen molar-refractivity contribution in [2.24, 2.45) is 0 Å². The number of nitrogens with two attached hydrogens (primary N) is 1. The molecule has 0 spiro atoms. The highest BCUT2D eigenvalue weighted by atomic mass is 35.5. The number of nitrogen functional groups attached to an aromatic ring is 1. The molecule has 14 heavy (non-hydrogen) atoms. The molecule has 0 saturated heterocycles. The lowest BCUT2D eigenvalue weighted by atomic mass is 10.1. The molecule has 72 valence electrons. The number of rotatable bonds is 2. The Balaban J connectivity index is 3.38. The predicted molar refractivity (Wildman–Crippen MR) is 52.3 cm³/mol. The number of phenols is 1. The summed E-state index contributed by atoms with van der Waals surface area (Å²) in [6, 6.07) is 4.31. The van der Waals surface area contributed by atoms with Crippen LogP contribution in [-0.4, -0.2) is 16.8 Å². The second-order valence-electron chi connectivity index (χ2n) is 2.63. The summed E-state index contributed by atoms with van der Waals surface area (Å²) in [6.45, 7) is 0. The number of ketones is 1. The van der Waals surface area contributed by atoms with Gasteiger partial charge in [0, 0.05) is 5.69 Å². The predicted octanol–water partition coefficient (Wildman–Crippen LogP) is 1.27. The normalized spacial score (nSPS) is 9.43. The van der Waals surface area contributed by atoms with Gasteiger partial charge in [0.05, 0.1) is 17.0 Å².